The third-order valence-electron chi connectivity index (χ3n) is 3.16. The monoisotopic (exact) mass is 390 g/mol. The second-order valence-corrected chi connectivity index (χ2v) is 4.57. The van der Waals surface area contributed by atoms with E-state index < -0.39 is 0 Å². The number of guanidine groups is 1. The van der Waals surface area contributed by atoms with Crippen LogP contribution in [-0.4, -0.2) is 42.6 Å². The molecule has 0 aliphatic carbocycles. The topological polar surface area (TPSA) is 49.8 Å². The summed E-state index contributed by atoms with van der Waals surface area (Å²) in [6, 6.07) is 3.90. The number of halogens is 1. The molecule has 0 spiro atoms. The van der Waals surface area contributed by atoms with Gasteiger partial charge in [0.25, 0.3) is 0 Å². The van der Waals surface area contributed by atoms with Crippen molar-refractivity contribution in [3.05, 3.63) is 23.9 Å². The largest absolute Gasteiger partial charge is 0.481 e. The lowest BCUT2D eigenvalue weighted by Gasteiger charge is -2.20. The van der Waals surface area contributed by atoms with Gasteiger partial charge in [0.05, 0.1) is 13.7 Å². The van der Waals surface area contributed by atoms with Gasteiger partial charge >= 0.3 is 0 Å². The van der Waals surface area contributed by atoms with Gasteiger partial charge in [0.1, 0.15) is 0 Å². The molecule has 2 rings (SSSR count). The molecule has 0 radical (unpaired) electrons. The Morgan fingerprint density at radius 2 is 2.20 bits per heavy atom. The second-order valence-electron chi connectivity index (χ2n) is 4.57. The quantitative estimate of drug-likeness (QED) is 0.487. The van der Waals surface area contributed by atoms with Gasteiger partial charge in [-0.05, 0) is 31.4 Å². The summed E-state index contributed by atoms with van der Waals surface area (Å²) in [4.78, 5) is 11.1. The summed E-state index contributed by atoms with van der Waals surface area (Å²) in [5, 5.41) is 3.35. The van der Waals surface area contributed by atoms with Crippen LogP contribution in [0.5, 0.6) is 5.88 Å². The SMILES string of the molecule is CCNC(=NCc1ccnc(OC)c1)N1CCCC1.I. The molecule has 20 heavy (non-hydrogen) atoms. The van der Waals surface area contributed by atoms with E-state index in [0.717, 1.165) is 31.2 Å². The molecule has 0 aromatic carbocycles. The van der Waals surface area contributed by atoms with Crippen LogP contribution in [0.3, 0.4) is 0 Å². The van der Waals surface area contributed by atoms with Crippen molar-refractivity contribution >= 4 is 29.9 Å². The molecule has 1 saturated heterocycles. The Morgan fingerprint density at radius 1 is 1.45 bits per heavy atom. The molecule has 0 amide bonds. The molecule has 1 aromatic rings. The fourth-order valence-corrected chi connectivity index (χ4v) is 2.18. The minimum absolute atomic E-state index is 0. The molecule has 0 atom stereocenters. The minimum atomic E-state index is 0. The van der Waals surface area contributed by atoms with Crippen LogP contribution in [0.2, 0.25) is 0 Å². The number of nitrogens with one attached hydrogen (secondary N) is 1. The van der Waals surface area contributed by atoms with E-state index in [-0.39, 0.29) is 24.0 Å². The Hall–Kier alpha value is -1.05. The molecular formula is C14H23IN4O. The van der Waals surface area contributed by atoms with Crippen molar-refractivity contribution in [2.75, 3.05) is 26.7 Å². The number of rotatable bonds is 4. The molecule has 1 aliphatic rings. The van der Waals surface area contributed by atoms with Crippen LogP contribution < -0.4 is 10.1 Å². The minimum Gasteiger partial charge on any atom is -0.481 e. The Bertz CT molecular complexity index is 433. The number of nitrogens with zero attached hydrogens (tertiary/aromatic N) is 3. The number of pyridine rings is 1. The van der Waals surface area contributed by atoms with Gasteiger partial charge in [-0.25, -0.2) is 9.98 Å². The van der Waals surface area contributed by atoms with Gasteiger partial charge in [0.15, 0.2) is 5.96 Å². The first-order valence-electron chi connectivity index (χ1n) is 6.85. The molecule has 5 nitrogen and oxygen atoms in total. The van der Waals surface area contributed by atoms with Crippen LogP contribution in [0.15, 0.2) is 23.3 Å². The summed E-state index contributed by atoms with van der Waals surface area (Å²) < 4.78 is 5.12. The molecule has 1 fully saturated rings. The molecule has 1 aliphatic heterocycles. The van der Waals surface area contributed by atoms with E-state index in [9.17, 15) is 0 Å². The number of methoxy groups -OCH3 is 1. The van der Waals surface area contributed by atoms with E-state index in [4.69, 9.17) is 4.74 Å². The first-order chi connectivity index (χ1) is 9.33. The number of hydrogen-bond donors (Lipinski definition) is 1. The van der Waals surface area contributed by atoms with Crippen molar-refractivity contribution < 1.29 is 4.74 Å². The number of ether oxygens (including phenoxy) is 1. The molecule has 0 unspecified atom stereocenters. The average Bonchev–Trinajstić information content (AvgIpc) is 2.97. The number of aliphatic imine (C=N–C) groups is 1. The van der Waals surface area contributed by atoms with Crippen LogP contribution in [-0.2, 0) is 6.54 Å². The van der Waals surface area contributed by atoms with Crippen LogP contribution in [0.4, 0.5) is 0 Å². The van der Waals surface area contributed by atoms with Crippen LogP contribution in [0.25, 0.3) is 0 Å². The van der Waals surface area contributed by atoms with Crippen molar-refractivity contribution in [2.45, 2.75) is 26.3 Å². The summed E-state index contributed by atoms with van der Waals surface area (Å²) in [6.07, 6.45) is 4.27. The smallest absolute Gasteiger partial charge is 0.213 e. The maximum atomic E-state index is 5.12. The Kier molecular flexibility index (Phi) is 7.64. The van der Waals surface area contributed by atoms with Crippen LogP contribution >= 0.6 is 24.0 Å². The van der Waals surface area contributed by atoms with Gasteiger partial charge < -0.3 is 15.0 Å². The highest BCUT2D eigenvalue weighted by Crippen LogP contribution is 2.11. The van der Waals surface area contributed by atoms with E-state index >= 15 is 0 Å². The molecule has 1 aromatic heterocycles. The molecule has 112 valence electrons. The first kappa shape index (κ1) is 17.0. The van der Waals surface area contributed by atoms with E-state index in [1.807, 2.05) is 12.1 Å². The molecule has 6 heteroatoms. The van der Waals surface area contributed by atoms with Gasteiger partial charge in [0, 0.05) is 31.9 Å². The van der Waals surface area contributed by atoms with Crippen LogP contribution in [0.1, 0.15) is 25.3 Å². The average molecular weight is 390 g/mol. The van der Waals surface area contributed by atoms with Gasteiger partial charge in [0.2, 0.25) is 5.88 Å². The molecule has 0 bridgehead atoms. The van der Waals surface area contributed by atoms with Gasteiger partial charge in [-0.2, -0.15) is 0 Å². The number of aromatic nitrogens is 1. The lowest BCUT2D eigenvalue weighted by atomic mass is 10.3. The fraction of sp³-hybridized carbons (Fsp3) is 0.571. The zero-order valence-electron chi connectivity index (χ0n) is 12.1. The van der Waals surface area contributed by atoms with E-state index in [2.05, 4.69) is 27.1 Å². The standard InChI is InChI=1S/C14H22N4O.HI/c1-3-15-14(18-8-4-5-9-18)17-11-12-6-7-16-13(10-12)19-2;/h6-7,10H,3-5,8-9,11H2,1-2H3,(H,15,17);1H. The van der Waals surface area contributed by atoms with Gasteiger partial charge in [-0.1, -0.05) is 0 Å². The van der Waals surface area contributed by atoms with E-state index in [1.165, 1.54) is 12.8 Å². The highest BCUT2D eigenvalue weighted by molar-refractivity contribution is 14.0. The zero-order chi connectivity index (χ0) is 13.5. The number of likely N-dealkylation sites (tertiary alicyclic amines) is 1. The van der Waals surface area contributed by atoms with Gasteiger partial charge in [-0.3, -0.25) is 0 Å². The highest BCUT2D eigenvalue weighted by Gasteiger charge is 2.15. The van der Waals surface area contributed by atoms with Crippen LogP contribution in [0, 0.1) is 0 Å². The van der Waals surface area contributed by atoms with Crippen molar-refractivity contribution in [1.82, 2.24) is 15.2 Å². The van der Waals surface area contributed by atoms with E-state index in [0.29, 0.717) is 12.4 Å². The lowest BCUT2D eigenvalue weighted by molar-refractivity contribution is 0.397. The third-order valence-corrected chi connectivity index (χ3v) is 3.16. The van der Waals surface area contributed by atoms with Crippen molar-refractivity contribution in [2.24, 2.45) is 4.99 Å². The normalized spacial score (nSPS) is 14.9. The summed E-state index contributed by atoms with van der Waals surface area (Å²) in [5.74, 6) is 1.65. The first-order valence-corrected chi connectivity index (χ1v) is 6.85. The zero-order valence-corrected chi connectivity index (χ0v) is 14.5. The molecule has 1 N–H and O–H groups in total. The van der Waals surface area contributed by atoms with Gasteiger partial charge in [-0.15, -0.1) is 24.0 Å². The fourth-order valence-electron chi connectivity index (χ4n) is 2.18. The van der Waals surface area contributed by atoms with Crippen molar-refractivity contribution in [3.63, 3.8) is 0 Å². The third kappa shape index (κ3) is 4.81. The second kappa shape index (κ2) is 8.99. The predicted octanol–water partition coefficient (Wildman–Crippen LogP) is 2.27. The summed E-state index contributed by atoms with van der Waals surface area (Å²) in [6.45, 7) is 5.85. The molecule has 0 saturated carbocycles. The predicted molar refractivity (Wildman–Crippen MR) is 91.8 cm³/mol. The molecule has 2 heterocycles. The summed E-state index contributed by atoms with van der Waals surface area (Å²) in [5.41, 5.74) is 1.11. The maximum absolute atomic E-state index is 5.12. The summed E-state index contributed by atoms with van der Waals surface area (Å²) >= 11 is 0. The van der Waals surface area contributed by atoms with Crippen molar-refractivity contribution in [3.8, 4) is 5.88 Å². The number of hydrogen-bond acceptors (Lipinski definition) is 3. The Balaban J connectivity index is 0.00000200. The maximum Gasteiger partial charge on any atom is 0.213 e. The highest BCUT2D eigenvalue weighted by atomic mass is 127. The lowest BCUT2D eigenvalue weighted by Crippen LogP contribution is -2.39. The molecular weight excluding hydrogens is 367 g/mol. The Morgan fingerprint density at radius 3 is 2.85 bits per heavy atom. The summed E-state index contributed by atoms with van der Waals surface area (Å²) in [7, 11) is 1.63. The van der Waals surface area contributed by atoms with Crippen molar-refractivity contribution in [1.29, 1.82) is 0 Å². The Labute approximate surface area is 137 Å². The van der Waals surface area contributed by atoms with E-state index in [1.54, 1.807) is 13.3 Å².